The molecule has 4 rings (SSSR count). The summed E-state index contributed by atoms with van der Waals surface area (Å²) in [6.45, 7) is 5.59. The maximum absolute atomic E-state index is 13.5. The van der Waals surface area contributed by atoms with Crippen molar-refractivity contribution in [2.24, 2.45) is 0 Å². The summed E-state index contributed by atoms with van der Waals surface area (Å²) >= 11 is 3.37. The highest BCUT2D eigenvalue weighted by Crippen LogP contribution is 2.33. The zero-order valence-electron chi connectivity index (χ0n) is 16.9. The third-order valence-corrected chi connectivity index (χ3v) is 7.11. The molecule has 2 aromatic carbocycles. The third kappa shape index (κ3) is 4.49. The second kappa shape index (κ2) is 9.28. The Morgan fingerprint density at radius 3 is 2.76 bits per heavy atom. The lowest BCUT2D eigenvalue weighted by Crippen LogP contribution is -2.37. The number of hydrogen-bond donors (Lipinski definition) is 0. The number of benzene rings is 2. The first-order valence-corrected chi connectivity index (χ1v) is 12.0. The van der Waals surface area contributed by atoms with Gasteiger partial charge in [0.05, 0.1) is 22.9 Å². The van der Waals surface area contributed by atoms with Gasteiger partial charge in [-0.25, -0.2) is 4.98 Å². The van der Waals surface area contributed by atoms with Crippen LogP contribution in [0.25, 0.3) is 10.2 Å². The van der Waals surface area contributed by atoms with E-state index in [2.05, 4.69) is 32.0 Å². The highest BCUT2D eigenvalue weighted by molar-refractivity contribution is 7.99. The Hall–Kier alpha value is -1.89. The Morgan fingerprint density at radius 2 is 2.07 bits per heavy atom. The fraction of sp³-hybridized carbons (Fsp3) is 0.391. The molecular formula is C23H26N2O2S2. The van der Waals surface area contributed by atoms with Gasteiger partial charge in [-0.3, -0.25) is 9.69 Å². The summed E-state index contributed by atoms with van der Waals surface area (Å²) in [6, 6.07) is 14.2. The van der Waals surface area contributed by atoms with Crippen LogP contribution in [0, 0.1) is 0 Å². The number of thiazole rings is 1. The zero-order valence-corrected chi connectivity index (χ0v) is 18.5. The molecule has 0 spiro atoms. The number of para-hydroxylation sites is 1. The second-order valence-electron chi connectivity index (χ2n) is 7.12. The van der Waals surface area contributed by atoms with Crippen LogP contribution < -0.4 is 4.90 Å². The predicted molar refractivity (Wildman–Crippen MR) is 122 cm³/mol. The minimum absolute atomic E-state index is 0.00865. The molecule has 3 aromatic rings. The van der Waals surface area contributed by atoms with Crippen molar-refractivity contribution < 1.29 is 9.53 Å². The van der Waals surface area contributed by atoms with Crippen molar-refractivity contribution in [2.75, 3.05) is 23.8 Å². The van der Waals surface area contributed by atoms with Crippen molar-refractivity contribution >= 4 is 44.4 Å². The Kier molecular flexibility index (Phi) is 6.53. The van der Waals surface area contributed by atoms with Gasteiger partial charge in [-0.1, -0.05) is 37.3 Å². The van der Waals surface area contributed by atoms with Crippen LogP contribution >= 0.6 is 23.1 Å². The van der Waals surface area contributed by atoms with Gasteiger partial charge in [0, 0.05) is 17.1 Å². The van der Waals surface area contributed by atoms with Gasteiger partial charge in [-0.2, -0.15) is 0 Å². The van der Waals surface area contributed by atoms with Crippen molar-refractivity contribution in [3.8, 4) is 0 Å². The molecule has 0 radical (unpaired) electrons. The second-order valence-corrected chi connectivity index (χ2v) is 9.47. The number of thioether (sulfide) groups is 1. The van der Waals surface area contributed by atoms with E-state index in [9.17, 15) is 4.79 Å². The Balaban J connectivity index is 1.68. The third-order valence-electron chi connectivity index (χ3n) is 5.17. The van der Waals surface area contributed by atoms with Crippen LogP contribution in [0.4, 0.5) is 5.13 Å². The normalized spacial score (nSPS) is 16.4. The van der Waals surface area contributed by atoms with Crippen LogP contribution in [0.2, 0.25) is 0 Å². The summed E-state index contributed by atoms with van der Waals surface area (Å²) in [5.74, 6) is 1.01. The van der Waals surface area contributed by atoms with E-state index in [1.807, 2.05) is 29.2 Å². The number of aryl methyl sites for hydroxylation is 1. The molecule has 0 N–H and O–H groups in total. The molecule has 6 heteroatoms. The van der Waals surface area contributed by atoms with E-state index >= 15 is 0 Å². The lowest BCUT2D eigenvalue weighted by atomic mass is 10.1. The minimum atomic E-state index is -0.00865. The summed E-state index contributed by atoms with van der Waals surface area (Å²) in [7, 11) is 0. The summed E-state index contributed by atoms with van der Waals surface area (Å²) in [6.07, 6.45) is 3.04. The van der Waals surface area contributed by atoms with Crippen molar-refractivity contribution in [1.82, 2.24) is 4.98 Å². The van der Waals surface area contributed by atoms with Crippen LogP contribution in [0.1, 0.15) is 42.6 Å². The predicted octanol–water partition coefficient (Wildman–Crippen LogP) is 5.80. The van der Waals surface area contributed by atoms with E-state index in [1.54, 1.807) is 23.1 Å². The maximum atomic E-state index is 13.5. The first kappa shape index (κ1) is 20.4. The largest absolute Gasteiger partial charge is 0.376 e. The van der Waals surface area contributed by atoms with Gasteiger partial charge >= 0.3 is 0 Å². The number of ether oxygens (including phenoxy) is 1. The molecule has 1 amide bonds. The van der Waals surface area contributed by atoms with Gasteiger partial charge in [0.15, 0.2) is 5.13 Å². The number of rotatable bonds is 7. The Labute approximate surface area is 180 Å². The first-order chi connectivity index (χ1) is 14.2. The van der Waals surface area contributed by atoms with E-state index in [-0.39, 0.29) is 12.0 Å². The zero-order chi connectivity index (χ0) is 20.2. The monoisotopic (exact) mass is 426 g/mol. The fourth-order valence-corrected chi connectivity index (χ4v) is 5.33. The maximum Gasteiger partial charge on any atom is 0.260 e. The lowest BCUT2D eigenvalue weighted by Gasteiger charge is -2.23. The van der Waals surface area contributed by atoms with Gasteiger partial charge in [-0.05, 0) is 60.9 Å². The van der Waals surface area contributed by atoms with Crippen LogP contribution in [0.3, 0.4) is 0 Å². The molecule has 1 fully saturated rings. The first-order valence-electron chi connectivity index (χ1n) is 10.2. The van der Waals surface area contributed by atoms with Gasteiger partial charge < -0.3 is 4.74 Å². The number of anilines is 1. The molecule has 0 aliphatic carbocycles. The highest BCUT2D eigenvalue weighted by atomic mass is 32.2. The average Bonchev–Trinajstić information content (AvgIpc) is 3.41. The number of carbonyl (C=O) groups is 1. The SMILES string of the molecule is CCSc1ccc(C(=O)N(CC2CCCO2)c2nc3c(CC)cccc3s2)cc1. The topological polar surface area (TPSA) is 42.4 Å². The van der Waals surface area contributed by atoms with Crippen LogP contribution in [-0.2, 0) is 11.2 Å². The van der Waals surface area contributed by atoms with Crippen LogP contribution in [0.5, 0.6) is 0 Å². The van der Waals surface area contributed by atoms with E-state index in [1.165, 1.54) is 10.5 Å². The van der Waals surface area contributed by atoms with Gasteiger partial charge in [0.2, 0.25) is 0 Å². The molecule has 4 nitrogen and oxygen atoms in total. The van der Waals surface area contributed by atoms with Gasteiger partial charge in [0.1, 0.15) is 0 Å². The molecule has 1 atom stereocenters. The van der Waals surface area contributed by atoms with E-state index in [0.717, 1.165) is 47.0 Å². The molecule has 1 aliphatic rings. The molecule has 1 aromatic heterocycles. The van der Waals surface area contributed by atoms with Gasteiger partial charge in [0.25, 0.3) is 5.91 Å². The van der Waals surface area contributed by atoms with Crippen molar-refractivity contribution in [3.05, 3.63) is 53.6 Å². The van der Waals surface area contributed by atoms with Crippen LogP contribution in [-0.4, -0.2) is 35.9 Å². The molecule has 29 heavy (non-hydrogen) atoms. The molecule has 2 heterocycles. The number of fused-ring (bicyclic) bond motifs is 1. The van der Waals surface area contributed by atoms with Gasteiger partial charge in [-0.15, -0.1) is 11.8 Å². The molecule has 152 valence electrons. The summed E-state index contributed by atoms with van der Waals surface area (Å²) < 4.78 is 6.96. The standard InChI is InChI=1S/C23H26N2O2S2/c1-3-16-7-5-9-20-21(16)24-23(29-20)25(15-18-8-6-14-27-18)22(26)17-10-12-19(13-11-17)28-4-2/h5,7,9-13,18H,3-4,6,8,14-15H2,1-2H3. The summed E-state index contributed by atoms with van der Waals surface area (Å²) in [5, 5.41) is 0.758. The lowest BCUT2D eigenvalue weighted by molar-refractivity contribution is 0.0917. The highest BCUT2D eigenvalue weighted by Gasteiger charge is 2.27. The molecule has 1 unspecified atom stereocenters. The number of aromatic nitrogens is 1. The van der Waals surface area contributed by atoms with E-state index in [4.69, 9.17) is 9.72 Å². The minimum Gasteiger partial charge on any atom is -0.376 e. The average molecular weight is 427 g/mol. The molecular weight excluding hydrogens is 400 g/mol. The van der Waals surface area contributed by atoms with Crippen LogP contribution in [0.15, 0.2) is 47.4 Å². The molecule has 1 saturated heterocycles. The Bertz CT molecular complexity index is 978. The number of hydrogen-bond acceptors (Lipinski definition) is 5. The summed E-state index contributed by atoms with van der Waals surface area (Å²) in [5.41, 5.74) is 2.92. The molecule has 0 saturated carbocycles. The fourth-order valence-electron chi connectivity index (χ4n) is 3.65. The number of amides is 1. The van der Waals surface area contributed by atoms with E-state index < -0.39 is 0 Å². The number of carbonyl (C=O) groups excluding carboxylic acids is 1. The van der Waals surface area contributed by atoms with Crippen molar-refractivity contribution in [1.29, 1.82) is 0 Å². The Morgan fingerprint density at radius 1 is 1.24 bits per heavy atom. The quantitative estimate of drug-likeness (QED) is 0.448. The van der Waals surface area contributed by atoms with Crippen molar-refractivity contribution in [3.63, 3.8) is 0 Å². The molecule has 0 bridgehead atoms. The molecule has 1 aliphatic heterocycles. The summed E-state index contributed by atoms with van der Waals surface area (Å²) in [4.78, 5) is 21.4. The smallest absolute Gasteiger partial charge is 0.260 e. The van der Waals surface area contributed by atoms with Crippen molar-refractivity contribution in [2.45, 2.75) is 44.1 Å². The van der Waals surface area contributed by atoms with E-state index in [0.29, 0.717) is 12.1 Å². The number of nitrogens with zero attached hydrogens (tertiary/aromatic N) is 2.